The molecule has 0 aliphatic heterocycles. The first-order valence-electron chi connectivity index (χ1n) is 3.03. The van der Waals surface area contributed by atoms with Crippen molar-refractivity contribution in [3.63, 3.8) is 0 Å². The van der Waals surface area contributed by atoms with Crippen molar-refractivity contribution in [2.24, 2.45) is 5.41 Å². The van der Waals surface area contributed by atoms with Crippen LogP contribution >= 0.6 is 9.47 Å². The first kappa shape index (κ1) is 11.2. The van der Waals surface area contributed by atoms with Crippen LogP contribution in [0.1, 0.15) is 0 Å². The summed E-state index contributed by atoms with van der Waals surface area (Å²) in [5.41, 5.74) is -1.39. The SMILES string of the molecule is OCC(CO)(CO)C(O)OP. The van der Waals surface area contributed by atoms with Crippen molar-refractivity contribution in [3.8, 4) is 0 Å². The molecule has 0 saturated heterocycles. The van der Waals surface area contributed by atoms with Crippen molar-refractivity contribution in [1.29, 1.82) is 0 Å². The maximum absolute atomic E-state index is 9.05. The van der Waals surface area contributed by atoms with Gasteiger partial charge in [-0.1, -0.05) is 0 Å². The molecule has 6 heteroatoms. The van der Waals surface area contributed by atoms with Gasteiger partial charge in [0, 0.05) is 9.47 Å². The highest BCUT2D eigenvalue weighted by Crippen LogP contribution is 2.22. The van der Waals surface area contributed by atoms with E-state index in [-0.39, 0.29) is 0 Å². The fourth-order valence-electron chi connectivity index (χ4n) is 0.529. The predicted molar refractivity (Wildman–Crippen MR) is 40.5 cm³/mol. The molecule has 0 aromatic carbocycles. The lowest BCUT2D eigenvalue weighted by Gasteiger charge is -2.30. The maximum atomic E-state index is 9.05. The highest BCUT2D eigenvalue weighted by Gasteiger charge is 2.36. The molecule has 0 aliphatic rings. The molecule has 0 fully saturated rings. The lowest BCUT2D eigenvalue weighted by Crippen LogP contribution is -2.45. The zero-order valence-electron chi connectivity index (χ0n) is 5.97. The molecule has 0 radical (unpaired) electrons. The Morgan fingerprint density at radius 3 is 1.64 bits per heavy atom. The first-order chi connectivity index (χ1) is 5.16. The van der Waals surface area contributed by atoms with E-state index in [9.17, 15) is 0 Å². The van der Waals surface area contributed by atoms with Gasteiger partial charge in [-0.25, -0.2) is 0 Å². The molecule has 0 bridgehead atoms. The van der Waals surface area contributed by atoms with Gasteiger partial charge in [0.05, 0.1) is 25.2 Å². The summed E-state index contributed by atoms with van der Waals surface area (Å²) in [6, 6.07) is 0. The largest absolute Gasteiger partial charge is 0.395 e. The van der Waals surface area contributed by atoms with Crippen LogP contribution in [0.3, 0.4) is 0 Å². The molecule has 2 atom stereocenters. The summed E-state index contributed by atoms with van der Waals surface area (Å²) in [4.78, 5) is 0. The second kappa shape index (κ2) is 4.98. The van der Waals surface area contributed by atoms with E-state index >= 15 is 0 Å². The lowest BCUT2D eigenvalue weighted by atomic mass is 9.91. The van der Waals surface area contributed by atoms with Crippen molar-refractivity contribution in [2.75, 3.05) is 19.8 Å². The van der Waals surface area contributed by atoms with Crippen molar-refractivity contribution in [2.45, 2.75) is 6.29 Å². The van der Waals surface area contributed by atoms with Crippen LogP contribution in [-0.2, 0) is 4.52 Å². The number of rotatable bonds is 5. The van der Waals surface area contributed by atoms with Gasteiger partial charge >= 0.3 is 0 Å². The lowest BCUT2D eigenvalue weighted by molar-refractivity contribution is -0.162. The van der Waals surface area contributed by atoms with Gasteiger partial charge in [0.1, 0.15) is 0 Å². The van der Waals surface area contributed by atoms with Gasteiger partial charge < -0.3 is 24.9 Å². The van der Waals surface area contributed by atoms with Crippen LogP contribution in [0.2, 0.25) is 0 Å². The Morgan fingerprint density at radius 1 is 1.18 bits per heavy atom. The summed E-state index contributed by atoms with van der Waals surface area (Å²) >= 11 is 0. The minimum atomic E-state index is -1.40. The van der Waals surface area contributed by atoms with Crippen molar-refractivity contribution in [1.82, 2.24) is 0 Å². The molecule has 5 nitrogen and oxygen atoms in total. The van der Waals surface area contributed by atoms with Gasteiger partial charge in [-0.3, -0.25) is 0 Å². The van der Waals surface area contributed by atoms with Crippen LogP contribution in [0.5, 0.6) is 0 Å². The Balaban J connectivity index is 4.26. The van der Waals surface area contributed by atoms with E-state index in [1.807, 2.05) is 0 Å². The van der Waals surface area contributed by atoms with Crippen LogP contribution in [-0.4, -0.2) is 46.5 Å². The van der Waals surface area contributed by atoms with E-state index in [0.717, 1.165) is 0 Å². The van der Waals surface area contributed by atoms with Crippen molar-refractivity contribution in [3.05, 3.63) is 0 Å². The van der Waals surface area contributed by atoms with Crippen LogP contribution in [0.4, 0.5) is 0 Å². The Kier molecular flexibility index (Phi) is 5.08. The highest BCUT2D eigenvalue weighted by molar-refractivity contribution is 7.09. The standard InChI is InChI=1S/C5H13O5P/c6-1-5(2-7,3-8)4(9)10-11/h4,6-9H,1-3,11H2. The second-order valence-corrected chi connectivity index (χ2v) is 2.60. The molecule has 4 N–H and O–H groups in total. The summed E-state index contributed by atoms with van der Waals surface area (Å²) in [5.74, 6) is 0. The monoisotopic (exact) mass is 184 g/mol. The molecule has 0 spiro atoms. The van der Waals surface area contributed by atoms with E-state index in [1.165, 1.54) is 0 Å². The topological polar surface area (TPSA) is 90.2 Å². The van der Waals surface area contributed by atoms with Gasteiger partial charge in [0.2, 0.25) is 0 Å². The van der Waals surface area contributed by atoms with Gasteiger partial charge in [-0.05, 0) is 0 Å². The molecule has 2 unspecified atom stereocenters. The quantitative estimate of drug-likeness (QED) is 0.295. The summed E-state index contributed by atoms with van der Waals surface area (Å²) in [6.07, 6.45) is -1.40. The average molecular weight is 184 g/mol. The number of hydrogen-bond acceptors (Lipinski definition) is 5. The average Bonchev–Trinajstić information content (AvgIpc) is 2.08. The number of hydrogen-bond donors (Lipinski definition) is 4. The van der Waals surface area contributed by atoms with Gasteiger partial charge in [-0.15, -0.1) is 0 Å². The van der Waals surface area contributed by atoms with E-state index in [1.54, 1.807) is 9.47 Å². The molecule has 0 rings (SSSR count). The molecule has 11 heavy (non-hydrogen) atoms. The molecule has 0 amide bonds. The molecule has 0 aromatic rings. The summed E-state index contributed by atoms with van der Waals surface area (Å²) in [5, 5.41) is 35.2. The number of aliphatic hydroxyl groups excluding tert-OH is 4. The minimum absolute atomic E-state index is 0.546. The van der Waals surface area contributed by atoms with E-state index < -0.39 is 31.5 Å². The molecule has 0 heterocycles. The normalized spacial score (nSPS) is 15.0. The minimum Gasteiger partial charge on any atom is -0.395 e. The Hall–Kier alpha value is 0.230. The maximum Gasteiger partial charge on any atom is 0.169 e. The molecule has 68 valence electrons. The summed E-state index contributed by atoms with van der Waals surface area (Å²) in [7, 11) is 1.79. The fourth-order valence-corrected chi connectivity index (χ4v) is 0.817. The Bertz CT molecular complexity index is 96.8. The van der Waals surface area contributed by atoms with Crippen molar-refractivity contribution < 1.29 is 24.9 Å². The molecular formula is C5H13O5P. The first-order valence-corrected chi connectivity index (χ1v) is 3.50. The van der Waals surface area contributed by atoms with Crippen LogP contribution in [0.15, 0.2) is 0 Å². The van der Waals surface area contributed by atoms with Crippen LogP contribution in [0, 0.1) is 5.41 Å². The highest BCUT2D eigenvalue weighted by atomic mass is 31.0. The van der Waals surface area contributed by atoms with Crippen LogP contribution in [0.25, 0.3) is 0 Å². The van der Waals surface area contributed by atoms with Gasteiger partial charge in [0.25, 0.3) is 0 Å². The second-order valence-electron chi connectivity index (χ2n) is 2.33. The number of aliphatic hydroxyl groups is 4. The smallest absolute Gasteiger partial charge is 0.169 e. The van der Waals surface area contributed by atoms with Gasteiger partial charge in [0.15, 0.2) is 6.29 Å². The fraction of sp³-hybridized carbons (Fsp3) is 1.00. The third kappa shape index (κ3) is 2.33. The van der Waals surface area contributed by atoms with Gasteiger partial charge in [-0.2, -0.15) is 0 Å². The summed E-state index contributed by atoms with van der Waals surface area (Å²) in [6.45, 7) is -1.64. The molecule has 0 aliphatic carbocycles. The third-order valence-electron chi connectivity index (χ3n) is 1.60. The van der Waals surface area contributed by atoms with E-state index in [2.05, 4.69) is 4.52 Å². The van der Waals surface area contributed by atoms with Crippen LogP contribution < -0.4 is 0 Å². The Morgan fingerprint density at radius 2 is 1.55 bits per heavy atom. The zero-order chi connectivity index (χ0) is 8.91. The third-order valence-corrected chi connectivity index (χ3v) is 1.86. The predicted octanol–water partition coefficient (Wildman–Crippen LogP) is -1.93. The molecule has 0 saturated carbocycles. The molecule has 0 aromatic heterocycles. The van der Waals surface area contributed by atoms with E-state index in [0.29, 0.717) is 0 Å². The summed E-state index contributed by atoms with van der Waals surface area (Å²) < 4.78 is 4.38. The van der Waals surface area contributed by atoms with E-state index in [4.69, 9.17) is 20.4 Å². The zero-order valence-corrected chi connectivity index (χ0v) is 7.13. The Labute approximate surface area is 66.9 Å². The van der Waals surface area contributed by atoms with Crippen molar-refractivity contribution >= 4 is 9.47 Å². The molecular weight excluding hydrogens is 171 g/mol.